The van der Waals surface area contributed by atoms with E-state index in [-0.39, 0.29) is 6.04 Å². The lowest BCUT2D eigenvalue weighted by Gasteiger charge is -2.07. The number of aromatic nitrogens is 2. The van der Waals surface area contributed by atoms with Crippen LogP contribution in [0, 0.1) is 0 Å². The Bertz CT molecular complexity index is 405. The van der Waals surface area contributed by atoms with E-state index >= 15 is 0 Å². The van der Waals surface area contributed by atoms with Crippen LogP contribution in [0.4, 0.5) is 0 Å². The number of rotatable bonds is 4. The number of hydrogen-bond acceptors (Lipinski definition) is 3. The molecule has 15 heavy (non-hydrogen) atoms. The van der Waals surface area contributed by atoms with Crippen molar-refractivity contribution < 1.29 is 0 Å². The van der Waals surface area contributed by atoms with Gasteiger partial charge in [0.25, 0.3) is 0 Å². The van der Waals surface area contributed by atoms with E-state index in [0.29, 0.717) is 0 Å². The highest BCUT2D eigenvalue weighted by Gasteiger charge is 2.07. The zero-order valence-corrected chi connectivity index (χ0v) is 9.57. The summed E-state index contributed by atoms with van der Waals surface area (Å²) in [5, 5.41) is 8.40. The van der Waals surface area contributed by atoms with Crippen LogP contribution in [0.3, 0.4) is 0 Å². The summed E-state index contributed by atoms with van der Waals surface area (Å²) in [6.07, 6.45) is 5.85. The van der Waals surface area contributed by atoms with Crippen LogP contribution in [0.25, 0.3) is 0 Å². The van der Waals surface area contributed by atoms with Gasteiger partial charge in [0.2, 0.25) is 0 Å². The van der Waals surface area contributed by atoms with Crippen LogP contribution in [-0.2, 0) is 13.5 Å². The fourth-order valence-electron chi connectivity index (χ4n) is 1.56. The Hall–Kier alpha value is -1.13. The molecular formula is C11H15N3S. The lowest BCUT2D eigenvalue weighted by Crippen LogP contribution is -2.10. The van der Waals surface area contributed by atoms with Gasteiger partial charge in [0.05, 0.1) is 6.20 Å². The monoisotopic (exact) mass is 221 g/mol. The highest BCUT2D eigenvalue weighted by molar-refractivity contribution is 7.07. The number of nitrogens with two attached hydrogens (primary N) is 1. The summed E-state index contributed by atoms with van der Waals surface area (Å²) in [4.78, 5) is 0. The lowest BCUT2D eigenvalue weighted by molar-refractivity contribution is 0.651. The minimum absolute atomic E-state index is 0.0959. The second kappa shape index (κ2) is 4.59. The van der Waals surface area contributed by atoms with E-state index in [9.17, 15) is 0 Å². The quantitative estimate of drug-likeness (QED) is 0.859. The number of hydrogen-bond donors (Lipinski definition) is 1. The third-order valence-corrected chi connectivity index (χ3v) is 3.21. The van der Waals surface area contributed by atoms with E-state index in [0.717, 1.165) is 18.4 Å². The van der Waals surface area contributed by atoms with Crippen molar-refractivity contribution in [3.05, 3.63) is 40.3 Å². The number of aryl methyl sites for hydroxylation is 2. The Labute approximate surface area is 93.5 Å². The van der Waals surface area contributed by atoms with Gasteiger partial charge in [-0.05, 0) is 35.2 Å². The largest absolute Gasteiger partial charge is 0.324 e. The maximum absolute atomic E-state index is 6.07. The van der Waals surface area contributed by atoms with Crippen LogP contribution >= 0.6 is 11.3 Å². The van der Waals surface area contributed by atoms with Crippen molar-refractivity contribution in [1.82, 2.24) is 9.78 Å². The standard InChI is InChI=1S/C11H15N3S/c1-14-7-10(6-13-14)11(12)3-2-9-4-5-15-8-9/h4-8,11H,2-3,12H2,1H3. The van der Waals surface area contributed by atoms with Crippen LogP contribution in [-0.4, -0.2) is 9.78 Å². The average Bonchev–Trinajstić information content (AvgIpc) is 2.84. The van der Waals surface area contributed by atoms with Crippen molar-refractivity contribution in [3.8, 4) is 0 Å². The Morgan fingerprint density at radius 2 is 2.47 bits per heavy atom. The third-order valence-electron chi connectivity index (χ3n) is 2.48. The molecule has 0 aliphatic heterocycles. The average molecular weight is 221 g/mol. The van der Waals surface area contributed by atoms with Crippen LogP contribution < -0.4 is 5.73 Å². The van der Waals surface area contributed by atoms with E-state index in [4.69, 9.17) is 5.73 Å². The molecule has 0 bridgehead atoms. The van der Waals surface area contributed by atoms with E-state index in [2.05, 4.69) is 21.9 Å². The first-order valence-electron chi connectivity index (χ1n) is 5.01. The zero-order valence-electron chi connectivity index (χ0n) is 8.76. The van der Waals surface area contributed by atoms with Gasteiger partial charge in [-0.25, -0.2) is 0 Å². The molecule has 2 aromatic heterocycles. The molecule has 0 aromatic carbocycles. The van der Waals surface area contributed by atoms with Crippen molar-refractivity contribution in [1.29, 1.82) is 0 Å². The smallest absolute Gasteiger partial charge is 0.0537 e. The Morgan fingerprint density at radius 3 is 3.07 bits per heavy atom. The minimum Gasteiger partial charge on any atom is -0.324 e. The van der Waals surface area contributed by atoms with Gasteiger partial charge in [-0.1, -0.05) is 0 Å². The minimum atomic E-state index is 0.0959. The topological polar surface area (TPSA) is 43.8 Å². The summed E-state index contributed by atoms with van der Waals surface area (Å²) in [5.41, 5.74) is 8.57. The predicted molar refractivity (Wildman–Crippen MR) is 62.8 cm³/mol. The van der Waals surface area contributed by atoms with Crippen molar-refractivity contribution in [2.24, 2.45) is 12.8 Å². The molecule has 2 heterocycles. The summed E-state index contributed by atoms with van der Waals surface area (Å²) in [6.45, 7) is 0. The van der Waals surface area contributed by atoms with Gasteiger partial charge in [-0.15, -0.1) is 0 Å². The van der Waals surface area contributed by atoms with Crippen LogP contribution in [0.1, 0.15) is 23.6 Å². The highest BCUT2D eigenvalue weighted by Crippen LogP contribution is 2.17. The Kier molecular flexibility index (Phi) is 3.18. The molecule has 3 nitrogen and oxygen atoms in total. The molecule has 4 heteroatoms. The maximum atomic E-state index is 6.07. The Balaban J connectivity index is 1.90. The Morgan fingerprint density at radius 1 is 1.60 bits per heavy atom. The zero-order chi connectivity index (χ0) is 10.7. The van der Waals surface area contributed by atoms with Crippen molar-refractivity contribution in [2.45, 2.75) is 18.9 Å². The molecule has 0 spiro atoms. The first kappa shape index (κ1) is 10.4. The van der Waals surface area contributed by atoms with Gasteiger partial charge >= 0.3 is 0 Å². The first-order valence-corrected chi connectivity index (χ1v) is 5.95. The van der Waals surface area contributed by atoms with E-state index in [1.54, 1.807) is 16.0 Å². The summed E-state index contributed by atoms with van der Waals surface area (Å²) < 4.78 is 1.79. The van der Waals surface area contributed by atoms with Gasteiger partial charge in [0, 0.05) is 24.8 Å². The fraction of sp³-hybridized carbons (Fsp3) is 0.364. The number of thiophene rings is 1. The van der Waals surface area contributed by atoms with Gasteiger partial charge < -0.3 is 5.73 Å². The second-order valence-corrected chi connectivity index (χ2v) is 4.50. The SMILES string of the molecule is Cn1cc(C(N)CCc2ccsc2)cn1. The van der Waals surface area contributed by atoms with E-state index < -0.39 is 0 Å². The summed E-state index contributed by atoms with van der Waals surface area (Å²) in [6, 6.07) is 2.25. The molecule has 0 saturated carbocycles. The highest BCUT2D eigenvalue weighted by atomic mass is 32.1. The van der Waals surface area contributed by atoms with Crippen molar-refractivity contribution >= 4 is 11.3 Å². The molecule has 0 saturated heterocycles. The molecule has 0 aliphatic carbocycles. The van der Waals surface area contributed by atoms with E-state index in [1.807, 2.05) is 19.4 Å². The van der Waals surface area contributed by atoms with E-state index in [1.165, 1.54) is 5.56 Å². The van der Waals surface area contributed by atoms with Crippen LogP contribution in [0.5, 0.6) is 0 Å². The first-order chi connectivity index (χ1) is 7.25. The molecule has 1 atom stereocenters. The third kappa shape index (κ3) is 2.67. The molecule has 2 N–H and O–H groups in total. The predicted octanol–water partition coefficient (Wildman–Crippen LogP) is 2.11. The molecule has 0 radical (unpaired) electrons. The fourth-order valence-corrected chi connectivity index (χ4v) is 2.26. The van der Waals surface area contributed by atoms with Crippen LogP contribution in [0.2, 0.25) is 0 Å². The summed E-state index contributed by atoms with van der Waals surface area (Å²) >= 11 is 1.73. The lowest BCUT2D eigenvalue weighted by atomic mass is 10.0. The summed E-state index contributed by atoms with van der Waals surface area (Å²) in [7, 11) is 1.91. The molecule has 2 aromatic rings. The van der Waals surface area contributed by atoms with Crippen molar-refractivity contribution in [3.63, 3.8) is 0 Å². The molecule has 1 unspecified atom stereocenters. The molecule has 2 rings (SSSR count). The van der Waals surface area contributed by atoms with Crippen LogP contribution in [0.15, 0.2) is 29.2 Å². The maximum Gasteiger partial charge on any atom is 0.0537 e. The molecule has 0 fully saturated rings. The van der Waals surface area contributed by atoms with Gasteiger partial charge in [0.1, 0.15) is 0 Å². The molecule has 0 aliphatic rings. The van der Waals surface area contributed by atoms with Crippen molar-refractivity contribution in [2.75, 3.05) is 0 Å². The molecule has 80 valence electrons. The van der Waals surface area contributed by atoms with Gasteiger partial charge in [-0.2, -0.15) is 16.4 Å². The normalized spacial score (nSPS) is 12.9. The second-order valence-electron chi connectivity index (χ2n) is 3.72. The number of nitrogens with zero attached hydrogens (tertiary/aromatic N) is 2. The van der Waals surface area contributed by atoms with Gasteiger partial charge in [0.15, 0.2) is 0 Å². The molecular weight excluding hydrogens is 206 g/mol. The molecule has 0 amide bonds. The summed E-state index contributed by atoms with van der Waals surface area (Å²) in [5.74, 6) is 0. The van der Waals surface area contributed by atoms with Gasteiger partial charge in [-0.3, -0.25) is 4.68 Å².